The predicted octanol–water partition coefficient (Wildman–Crippen LogP) is 3.18. The van der Waals surface area contributed by atoms with Gasteiger partial charge in [0.05, 0.1) is 0 Å². The van der Waals surface area contributed by atoms with Gasteiger partial charge in [-0.15, -0.1) is 0 Å². The maximum absolute atomic E-state index is 5.29. The molecule has 1 saturated carbocycles. The Balaban J connectivity index is 2.53. The Kier molecular flexibility index (Phi) is 1.88. The van der Waals surface area contributed by atoms with E-state index in [9.17, 15) is 0 Å². The Hall–Kier alpha value is -0.570. The van der Waals surface area contributed by atoms with E-state index in [0.717, 1.165) is 4.77 Å². The first kappa shape index (κ1) is 9.00. The normalized spacial score (nSPS) is 19.4. The molecule has 72 valence electrons. The van der Waals surface area contributed by atoms with Gasteiger partial charge in [-0.05, 0) is 37.9 Å². The highest BCUT2D eigenvalue weighted by atomic mass is 32.1. The van der Waals surface area contributed by atoms with Crippen molar-refractivity contribution < 1.29 is 0 Å². The third kappa shape index (κ3) is 1.35. The number of aromatic amines is 1. The largest absolute Gasteiger partial charge is 0.337 e. The quantitative estimate of drug-likeness (QED) is 0.720. The van der Waals surface area contributed by atoms with Gasteiger partial charge >= 0.3 is 0 Å². The number of rotatable bonds is 2. The van der Waals surface area contributed by atoms with Crippen LogP contribution in [0.3, 0.4) is 0 Å². The summed E-state index contributed by atoms with van der Waals surface area (Å²) in [6.45, 7) is 6.70. The van der Waals surface area contributed by atoms with Crippen LogP contribution in [-0.4, -0.2) is 9.55 Å². The zero-order chi connectivity index (χ0) is 9.64. The molecular formula is C10H16N2S. The van der Waals surface area contributed by atoms with E-state index < -0.39 is 0 Å². The van der Waals surface area contributed by atoms with Crippen LogP contribution in [0, 0.1) is 4.77 Å². The van der Waals surface area contributed by atoms with E-state index in [0.29, 0.717) is 11.5 Å². The molecular weight excluding hydrogens is 180 g/mol. The van der Waals surface area contributed by atoms with Crippen molar-refractivity contribution in [1.82, 2.24) is 9.55 Å². The Bertz CT molecular complexity index is 369. The van der Waals surface area contributed by atoms with Crippen molar-refractivity contribution in [3.05, 3.63) is 16.7 Å². The van der Waals surface area contributed by atoms with Crippen molar-refractivity contribution in [2.75, 3.05) is 0 Å². The Morgan fingerprint density at radius 2 is 2.15 bits per heavy atom. The molecule has 0 unspecified atom stereocenters. The Morgan fingerprint density at radius 1 is 1.54 bits per heavy atom. The van der Waals surface area contributed by atoms with E-state index in [-0.39, 0.29) is 0 Å². The minimum atomic E-state index is 0.316. The van der Waals surface area contributed by atoms with Crippen LogP contribution in [0.1, 0.15) is 45.2 Å². The van der Waals surface area contributed by atoms with Gasteiger partial charge in [0.25, 0.3) is 0 Å². The number of imidazole rings is 1. The number of hydrogen-bond donors (Lipinski definition) is 1. The molecule has 1 aromatic heterocycles. The van der Waals surface area contributed by atoms with Gasteiger partial charge in [-0.1, -0.05) is 13.8 Å². The molecule has 1 fully saturated rings. The molecule has 0 saturated heterocycles. The first-order valence-electron chi connectivity index (χ1n) is 4.85. The second kappa shape index (κ2) is 2.71. The molecule has 2 nitrogen and oxygen atoms in total. The third-order valence-corrected chi connectivity index (χ3v) is 3.21. The molecule has 1 aliphatic rings. The SMILES string of the molecule is CC(C)c1c[nH]c(=S)n1C1(C)CC1. The van der Waals surface area contributed by atoms with E-state index in [1.807, 2.05) is 0 Å². The second-order valence-electron chi connectivity index (χ2n) is 4.51. The lowest BCUT2D eigenvalue weighted by Crippen LogP contribution is -2.16. The maximum atomic E-state index is 5.29. The third-order valence-electron chi connectivity index (χ3n) is 2.91. The van der Waals surface area contributed by atoms with E-state index in [4.69, 9.17) is 12.2 Å². The highest BCUT2D eigenvalue weighted by molar-refractivity contribution is 7.71. The predicted molar refractivity (Wildman–Crippen MR) is 56.6 cm³/mol. The van der Waals surface area contributed by atoms with Crippen molar-refractivity contribution in [3.8, 4) is 0 Å². The second-order valence-corrected chi connectivity index (χ2v) is 4.89. The summed E-state index contributed by atoms with van der Waals surface area (Å²) in [5.74, 6) is 0.547. The van der Waals surface area contributed by atoms with Crippen molar-refractivity contribution >= 4 is 12.2 Å². The molecule has 2 rings (SSSR count). The van der Waals surface area contributed by atoms with Crippen molar-refractivity contribution in [2.45, 2.75) is 45.1 Å². The maximum Gasteiger partial charge on any atom is 0.177 e. The smallest absolute Gasteiger partial charge is 0.177 e. The lowest BCUT2D eigenvalue weighted by atomic mass is 10.1. The minimum absolute atomic E-state index is 0.316. The van der Waals surface area contributed by atoms with Gasteiger partial charge in [0, 0.05) is 17.4 Å². The summed E-state index contributed by atoms with van der Waals surface area (Å²) in [6, 6.07) is 0. The highest BCUT2D eigenvalue weighted by Crippen LogP contribution is 2.44. The Morgan fingerprint density at radius 3 is 2.62 bits per heavy atom. The molecule has 0 spiro atoms. The molecule has 1 heterocycles. The van der Waals surface area contributed by atoms with Gasteiger partial charge in [0.2, 0.25) is 0 Å². The number of aromatic nitrogens is 2. The molecule has 0 atom stereocenters. The van der Waals surface area contributed by atoms with Crippen molar-refractivity contribution in [3.63, 3.8) is 0 Å². The van der Waals surface area contributed by atoms with Gasteiger partial charge < -0.3 is 9.55 Å². The standard InChI is InChI=1S/C10H16N2S/c1-7(2)8-6-11-9(13)12(8)10(3)4-5-10/h6-7H,4-5H2,1-3H3,(H,11,13). The molecule has 0 aromatic carbocycles. The number of hydrogen-bond acceptors (Lipinski definition) is 1. The first-order chi connectivity index (χ1) is 6.04. The van der Waals surface area contributed by atoms with Crippen LogP contribution in [0.15, 0.2) is 6.20 Å². The molecule has 3 heteroatoms. The number of nitrogens with one attached hydrogen (secondary N) is 1. The zero-order valence-electron chi connectivity index (χ0n) is 8.42. The van der Waals surface area contributed by atoms with E-state index in [1.165, 1.54) is 18.5 Å². The minimum Gasteiger partial charge on any atom is -0.337 e. The summed E-state index contributed by atoms with van der Waals surface area (Å²) >= 11 is 5.29. The fraction of sp³-hybridized carbons (Fsp3) is 0.700. The topological polar surface area (TPSA) is 20.7 Å². The summed E-state index contributed by atoms with van der Waals surface area (Å²) in [7, 11) is 0. The molecule has 0 bridgehead atoms. The fourth-order valence-corrected chi connectivity index (χ4v) is 2.15. The molecule has 1 aromatic rings. The zero-order valence-corrected chi connectivity index (χ0v) is 9.24. The lowest BCUT2D eigenvalue weighted by molar-refractivity contribution is 0.494. The summed E-state index contributed by atoms with van der Waals surface area (Å²) < 4.78 is 3.18. The average molecular weight is 196 g/mol. The average Bonchev–Trinajstić information content (AvgIpc) is 2.62. The first-order valence-corrected chi connectivity index (χ1v) is 5.26. The molecule has 13 heavy (non-hydrogen) atoms. The Labute approximate surface area is 84.0 Å². The van der Waals surface area contributed by atoms with Crippen LogP contribution in [0.5, 0.6) is 0 Å². The van der Waals surface area contributed by atoms with E-state index in [2.05, 4.69) is 36.5 Å². The number of H-pyrrole nitrogens is 1. The van der Waals surface area contributed by atoms with Gasteiger partial charge in [0.15, 0.2) is 4.77 Å². The highest BCUT2D eigenvalue weighted by Gasteiger charge is 2.41. The van der Waals surface area contributed by atoms with Gasteiger partial charge in [0.1, 0.15) is 0 Å². The summed E-state index contributed by atoms with van der Waals surface area (Å²) in [5.41, 5.74) is 1.65. The van der Waals surface area contributed by atoms with Gasteiger partial charge in [-0.3, -0.25) is 0 Å². The molecule has 0 radical (unpaired) electrons. The summed E-state index contributed by atoms with van der Waals surface area (Å²) in [5, 5.41) is 0. The molecule has 0 aliphatic heterocycles. The lowest BCUT2D eigenvalue weighted by Gasteiger charge is -2.16. The van der Waals surface area contributed by atoms with Crippen LogP contribution < -0.4 is 0 Å². The van der Waals surface area contributed by atoms with Crippen LogP contribution >= 0.6 is 12.2 Å². The van der Waals surface area contributed by atoms with E-state index in [1.54, 1.807) is 0 Å². The molecule has 1 aliphatic carbocycles. The monoisotopic (exact) mass is 196 g/mol. The number of nitrogens with zero attached hydrogens (tertiary/aromatic N) is 1. The van der Waals surface area contributed by atoms with Crippen LogP contribution in [-0.2, 0) is 5.54 Å². The summed E-state index contributed by atoms with van der Waals surface area (Å²) in [6.07, 6.45) is 4.58. The van der Waals surface area contributed by atoms with Crippen LogP contribution in [0.25, 0.3) is 0 Å². The van der Waals surface area contributed by atoms with E-state index >= 15 is 0 Å². The summed E-state index contributed by atoms with van der Waals surface area (Å²) in [4.78, 5) is 3.14. The molecule has 0 amide bonds. The van der Waals surface area contributed by atoms with Crippen LogP contribution in [0.2, 0.25) is 0 Å². The van der Waals surface area contributed by atoms with Crippen LogP contribution in [0.4, 0.5) is 0 Å². The van der Waals surface area contributed by atoms with Crippen molar-refractivity contribution in [2.24, 2.45) is 0 Å². The fourth-order valence-electron chi connectivity index (χ4n) is 1.77. The molecule has 1 N–H and O–H groups in total. The van der Waals surface area contributed by atoms with Gasteiger partial charge in [-0.2, -0.15) is 0 Å². The van der Waals surface area contributed by atoms with Gasteiger partial charge in [-0.25, -0.2) is 0 Å². The van der Waals surface area contributed by atoms with Crippen molar-refractivity contribution in [1.29, 1.82) is 0 Å².